The van der Waals surface area contributed by atoms with Crippen LogP contribution in [0.15, 0.2) is 59.5 Å². The molecule has 4 rings (SSSR count). The summed E-state index contributed by atoms with van der Waals surface area (Å²) in [6.07, 6.45) is 1.66. The lowest BCUT2D eigenvalue weighted by molar-refractivity contribution is -0.649. The van der Waals surface area contributed by atoms with Crippen LogP contribution in [0, 0.1) is 6.92 Å². The second kappa shape index (κ2) is 8.53. The molecule has 0 fully saturated rings. The molecule has 0 atom stereocenters. The number of benzene rings is 1. The molecule has 0 saturated carbocycles. The van der Waals surface area contributed by atoms with E-state index in [2.05, 4.69) is 10.3 Å². The van der Waals surface area contributed by atoms with Gasteiger partial charge in [0.25, 0.3) is 17.1 Å². The maximum Gasteiger partial charge on any atom is 0.278 e. The van der Waals surface area contributed by atoms with Crippen molar-refractivity contribution < 1.29 is 14.1 Å². The summed E-state index contributed by atoms with van der Waals surface area (Å²) in [5, 5.41) is 3.10. The molecule has 158 valence electrons. The van der Waals surface area contributed by atoms with Crippen molar-refractivity contribution >= 4 is 28.4 Å². The predicted molar refractivity (Wildman–Crippen MR) is 118 cm³/mol. The monoisotopic (exact) mass is 418 g/mol. The van der Waals surface area contributed by atoms with Gasteiger partial charge in [0.2, 0.25) is 11.5 Å². The number of fused-ring (bicyclic) bond motifs is 2. The number of hydrogen-bond acceptors (Lipinski definition) is 5. The van der Waals surface area contributed by atoms with Crippen LogP contribution < -0.4 is 21.2 Å². The smallest absolute Gasteiger partial charge is 0.278 e. The molecule has 0 saturated heterocycles. The van der Waals surface area contributed by atoms with Gasteiger partial charge in [0, 0.05) is 19.9 Å². The van der Waals surface area contributed by atoms with E-state index in [-0.39, 0.29) is 22.8 Å². The van der Waals surface area contributed by atoms with Crippen molar-refractivity contribution in [3.05, 3.63) is 81.8 Å². The summed E-state index contributed by atoms with van der Waals surface area (Å²) in [6, 6.07) is 14.9. The minimum Gasteiger partial charge on any atom is -0.383 e. The SMILES string of the molecule is COCCNC(=O)c1cc2c(=O)n3ccccc3nc2[n+](Cc2ccc(C)cc2)c1N. The topological polar surface area (TPSA) is 103 Å². The van der Waals surface area contributed by atoms with Crippen molar-refractivity contribution in [2.75, 3.05) is 26.0 Å². The first-order valence-electron chi connectivity index (χ1n) is 9.95. The molecule has 0 spiro atoms. The highest BCUT2D eigenvalue weighted by Crippen LogP contribution is 2.16. The van der Waals surface area contributed by atoms with E-state index in [4.69, 9.17) is 10.5 Å². The lowest BCUT2D eigenvalue weighted by Gasteiger charge is -2.12. The number of carbonyl (C=O) groups is 1. The standard InChI is InChI=1S/C23H23N5O3/c1-15-6-8-16(9-7-15)14-28-20(24)17(22(29)25-10-12-31-2)13-18-21(28)26-19-5-3-4-11-27(19)23(18)30/h3-9,11,13,24H,10,12,14H2,1-2H3,(H,25,29)/p+1. The van der Waals surface area contributed by atoms with Gasteiger partial charge in [-0.05, 0) is 30.7 Å². The normalized spacial score (nSPS) is 11.2. The van der Waals surface area contributed by atoms with Crippen LogP contribution in [0.2, 0.25) is 0 Å². The number of nitrogen functional groups attached to an aromatic ring is 1. The van der Waals surface area contributed by atoms with Crippen molar-refractivity contribution in [3.63, 3.8) is 0 Å². The lowest BCUT2D eigenvalue weighted by Crippen LogP contribution is -2.43. The van der Waals surface area contributed by atoms with Crippen LogP contribution >= 0.6 is 0 Å². The summed E-state index contributed by atoms with van der Waals surface area (Å²) in [5.41, 5.74) is 9.48. The Labute approximate surface area is 178 Å². The highest BCUT2D eigenvalue weighted by atomic mass is 16.5. The molecule has 1 amide bonds. The number of nitrogens with two attached hydrogens (primary N) is 1. The molecule has 0 radical (unpaired) electrons. The second-order valence-corrected chi connectivity index (χ2v) is 7.35. The van der Waals surface area contributed by atoms with E-state index in [1.807, 2.05) is 37.3 Å². The fraction of sp³-hybridized carbons (Fsp3) is 0.217. The van der Waals surface area contributed by atoms with Gasteiger partial charge in [-0.25, -0.2) is 4.57 Å². The Hall–Kier alpha value is -3.78. The third kappa shape index (κ3) is 3.97. The third-order valence-corrected chi connectivity index (χ3v) is 5.16. The van der Waals surface area contributed by atoms with E-state index in [9.17, 15) is 9.59 Å². The van der Waals surface area contributed by atoms with Crippen molar-refractivity contribution in [1.29, 1.82) is 0 Å². The summed E-state index contributed by atoms with van der Waals surface area (Å²) in [5.74, 6) is -0.123. The summed E-state index contributed by atoms with van der Waals surface area (Å²) in [4.78, 5) is 30.7. The number of nitrogens with zero attached hydrogens (tertiary/aromatic N) is 3. The number of aryl methyl sites for hydroxylation is 1. The first-order valence-corrected chi connectivity index (χ1v) is 9.95. The van der Waals surface area contributed by atoms with Crippen molar-refractivity contribution in [2.24, 2.45) is 0 Å². The molecule has 3 N–H and O–H groups in total. The Balaban J connectivity index is 1.94. The van der Waals surface area contributed by atoms with Crippen molar-refractivity contribution in [3.8, 4) is 0 Å². The third-order valence-electron chi connectivity index (χ3n) is 5.16. The van der Waals surface area contributed by atoms with Gasteiger partial charge in [-0.2, -0.15) is 0 Å². The van der Waals surface area contributed by atoms with Gasteiger partial charge in [0.1, 0.15) is 10.9 Å². The first kappa shape index (κ1) is 20.5. The lowest BCUT2D eigenvalue weighted by atomic mass is 10.1. The van der Waals surface area contributed by atoms with Gasteiger partial charge in [-0.3, -0.25) is 14.0 Å². The molecular weight excluding hydrogens is 394 g/mol. The van der Waals surface area contributed by atoms with E-state index in [0.29, 0.717) is 36.4 Å². The Morgan fingerprint density at radius 1 is 1.23 bits per heavy atom. The predicted octanol–water partition coefficient (Wildman–Crippen LogP) is 1.45. The van der Waals surface area contributed by atoms with Crippen LogP contribution in [0.25, 0.3) is 16.7 Å². The van der Waals surface area contributed by atoms with Crippen molar-refractivity contribution in [2.45, 2.75) is 13.5 Å². The molecule has 4 aromatic rings. The maximum absolute atomic E-state index is 13.2. The number of aromatic nitrogens is 3. The van der Waals surface area contributed by atoms with Crippen LogP contribution in [0.4, 0.5) is 5.82 Å². The van der Waals surface area contributed by atoms with Gasteiger partial charge >= 0.3 is 0 Å². The molecule has 0 bridgehead atoms. The molecule has 0 unspecified atom stereocenters. The van der Waals surface area contributed by atoms with Crippen LogP contribution in [0.1, 0.15) is 21.5 Å². The Bertz CT molecular complexity index is 1330. The summed E-state index contributed by atoms with van der Waals surface area (Å²) >= 11 is 0. The van der Waals surface area contributed by atoms with Gasteiger partial charge in [0.05, 0.1) is 13.2 Å². The average molecular weight is 418 g/mol. The van der Waals surface area contributed by atoms with Crippen LogP contribution in [-0.4, -0.2) is 35.6 Å². The van der Waals surface area contributed by atoms with Gasteiger partial charge < -0.3 is 15.8 Å². The number of nitrogens with one attached hydrogen (secondary N) is 1. The van der Waals surface area contributed by atoms with Crippen molar-refractivity contribution in [1.82, 2.24) is 14.7 Å². The number of hydrogen-bond donors (Lipinski definition) is 2. The molecule has 8 nitrogen and oxygen atoms in total. The summed E-state index contributed by atoms with van der Waals surface area (Å²) in [7, 11) is 1.56. The highest BCUT2D eigenvalue weighted by molar-refractivity contribution is 6.00. The van der Waals surface area contributed by atoms with Gasteiger partial charge in [-0.1, -0.05) is 40.9 Å². The molecule has 3 aromatic heterocycles. The zero-order chi connectivity index (χ0) is 22.0. The van der Waals surface area contributed by atoms with Crippen LogP contribution in [-0.2, 0) is 11.3 Å². The summed E-state index contributed by atoms with van der Waals surface area (Å²) in [6.45, 7) is 3.09. The second-order valence-electron chi connectivity index (χ2n) is 7.35. The minimum absolute atomic E-state index is 0.227. The van der Waals surface area contributed by atoms with E-state index in [0.717, 1.165) is 11.1 Å². The maximum atomic E-state index is 13.2. The number of ether oxygens (including phenoxy) is 1. The van der Waals surface area contributed by atoms with Gasteiger partial charge in [-0.15, -0.1) is 0 Å². The minimum atomic E-state index is -0.369. The molecule has 1 aromatic carbocycles. The fourth-order valence-corrected chi connectivity index (χ4v) is 3.48. The molecule has 31 heavy (non-hydrogen) atoms. The fourth-order valence-electron chi connectivity index (χ4n) is 3.48. The largest absolute Gasteiger partial charge is 0.383 e. The van der Waals surface area contributed by atoms with E-state index in [1.54, 1.807) is 30.0 Å². The number of pyridine rings is 2. The summed E-state index contributed by atoms with van der Waals surface area (Å²) < 4.78 is 8.18. The zero-order valence-electron chi connectivity index (χ0n) is 17.5. The van der Waals surface area contributed by atoms with Crippen LogP contribution in [0.5, 0.6) is 0 Å². The average Bonchev–Trinajstić information content (AvgIpc) is 2.77. The van der Waals surface area contributed by atoms with Crippen LogP contribution in [0.3, 0.4) is 0 Å². The van der Waals surface area contributed by atoms with E-state index < -0.39 is 0 Å². The first-order chi connectivity index (χ1) is 15.0. The van der Waals surface area contributed by atoms with E-state index >= 15 is 0 Å². The zero-order valence-corrected chi connectivity index (χ0v) is 17.5. The molecular formula is C23H24N5O3+. The van der Waals surface area contributed by atoms with Gasteiger partial charge in [0.15, 0.2) is 0 Å². The number of carbonyl (C=O) groups excluding carboxylic acids is 1. The molecule has 8 heteroatoms. The number of anilines is 1. The molecule has 0 aliphatic heterocycles. The number of amides is 1. The van der Waals surface area contributed by atoms with E-state index in [1.165, 1.54) is 10.5 Å². The number of rotatable bonds is 6. The molecule has 3 heterocycles. The number of methoxy groups -OCH3 is 1. The Morgan fingerprint density at radius 2 is 2.00 bits per heavy atom. The highest BCUT2D eigenvalue weighted by Gasteiger charge is 2.24. The molecule has 0 aliphatic carbocycles. The quantitative estimate of drug-likeness (QED) is 0.280. The Morgan fingerprint density at radius 3 is 2.74 bits per heavy atom. The molecule has 0 aliphatic rings. The Kier molecular flexibility index (Phi) is 5.64.